The summed E-state index contributed by atoms with van der Waals surface area (Å²) in [5.74, 6) is -1.46. The van der Waals surface area contributed by atoms with Crippen molar-refractivity contribution >= 4 is 15.9 Å². The fourth-order valence-electron chi connectivity index (χ4n) is 2.66. The summed E-state index contributed by atoms with van der Waals surface area (Å²) < 4.78 is 36.5. The lowest BCUT2D eigenvalue weighted by Gasteiger charge is -2.23. The van der Waals surface area contributed by atoms with Gasteiger partial charge in [0.05, 0.1) is 16.7 Å². The lowest BCUT2D eigenvalue weighted by atomic mass is 9.93. The zero-order valence-corrected chi connectivity index (χ0v) is 12.9. The van der Waals surface area contributed by atoms with Crippen molar-refractivity contribution in [3.05, 3.63) is 47.0 Å². The normalized spacial score (nSPS) is 17.6. The van der Waals surface area contributed by atoms with Crippen molar-refractivity contribution in [3.63, 3.8) is 0 Å². The van der Waals surface area contributed by atoms with Crippen LogP contribution < -0.4 is 10.5 Å². The third-order valence-electron chi connectivity index (χ3n) is 3.86. The molecule has 1 aromatic heterocycles. The summed E-state index contributed by atoms with van der Waals surface area (Å²) in [6, 6.07) is 2.74. The second-order valence-corrected chi connectivity index (χ2v) is 7.04. The maximum Gasteiger partial charge on any atom is 0.254 e. The van der Waals surface area contributed by atoms with Crippen molar-refractivity contribution in [2.24, 2.45) is 5.14 Å². The number of sulfonamides is 1. The molecule has 0 spiro atoms. The van der Waals surface area contributed by atoms with Crippen LogP contribution in [0.1, 0.15) is 28.0 Å². The first-order chi connectivity index (χ1) is 10.8. The Hall–Kier alpha value is -2.26. The number of nitrogens with one attached hydrogen (secondary N) is 2. The van der Waals surface area contributed by atoms with Crippen LogP contribution >= 0.6 is 0 Å². The zero-order chi connectivity index (χ0) is 16.6. The summed E-state index contributed by atoms with van der Waals surface area (Å²) in [5.41, 5.74) is 1.72. The largest absolute Gasteiger partial charge is 0.349 e. The van der Waals surface area contributed by atoms with E-state index in [1.165, 1.54) is 0 Å². The maximum absolute atomic E-state index is 13.8. The average molecular weight is 338 g/mol. The van der Waals surface area contributed by atoms with Gasteiger partial charge in [-0.1, -0.05) is 0 Å². The van der Waals surface area contributed by atoms with Crippen LogP contribution in [0, 0.1) is 5.82 Å². The van der Waals surface area contributed by atoms with E-state index >= 15 is 0 Å². The van der Waals surface area contributed by atoms with Gasteiger partial charge in [-0.15, -0.1) is 0 Å². The highest BCUT2D eigenvalue weighted by Gasteiger charge is 2.24. The van der Waals surface area contributed by atoms with Crippen molar-refractivity contribution in [1.82, 2.24) is 15.5 Å². The molecule has 2 aromatic rings. The highest BCUT2D eigenvalue weighted by molar-refractivity contribution is 7.89. The van der Waals surface area contributed by atoms with Crippen molar-refractivity contribution in [1.29, 1.82) is 0 Å². The minimum Gasteiger partial charge on any atom is -0.349 e. The molecule has 0 saturated heterocycles. The highest BCUT2D eigenvalue weighted by Crippen LogP contribution is 2.20. The zero-order valence-electron chi connectivity index (χ0n) is 12.0. The van der Waals surface area contributed by atoms with Gasteiger partial charge in [0.1, 0.15) is 5.82 Å². The number of aromatic amines is 1. The van der Waals surface area contributed by atoms with Crippen molar-refractivity contribution in [2.45, 2.75) is 30.2 Å². The minimum atomic E-state index is -4.00. The molecular formula is C14H15FN4O3S. The number of amides is 1. The number of carbonyl (C=O) groups is 1. The molecule has 1 aromatic carbocycles. The quantitative estimate of drug-likeness (QED) is 0.754. The van der Waals surface area contributed by atoms with E-state index in [4.69, 9.17) is 5.14 Å². The van der Waals surface area contributed by atoms with Crippen LogP contribution in [0.3, 0.4) is 0 Å². The van der Waals surface area contributed by atoms with Crippen LogP contribution in [-0.2, 0) is 22.9 Å². The topological polar surface area (TPSA) is 118 Å². The van der Waals surface area contributed by atoms with E-state index in [-0.39, 0.29) is 16.5 Å². The summed E-state index contributed by atoms with van der Waals surface area (Å²) in [7, 11) is -4.00. The van der Waals surface area contributed by atoms with Crippen LogP contribution in [-0.4, -0.2) is 30.6 Å². The van der Waals surface area contributed by atoms with Crippen LogP contribution in [0.2, 0.25) is 0 Å². The number of fused-ring (bicyclic) bond motifs is 1. The van der Waals surface area contributed by atoms with Crippen LogP contribution in [0.5, 0.6) is 0 Å². The molecule has 7 nitrogen and oxygen atoms in total. The van der Waals surface area contributed by atoms with Gasteiger partial charge in [0.25, 0.3) is 5.91 Å². The smallest absolute Gasteiger partial charge is 0.254 e. The first-order valence-corrected chi connectivity index (χ1v) is 8.53. The summed E-state index contributed by atoms with van der Waals surface area (Å²) >= 11 is 0. The molecular weight excluding hydrogens is 323 g/mol. The molecule has 0 fully saturated rings. The average Bonchev–Trinajstić information content (AvgIpc) is 2.93. The molecule has 9 heteroatoms. The molecule has 1 heterocycles. The Morgan fingerprint density at radius 2 is 2.22 bits per heavy atom. The van der Waals surface area contributed by atoms with Gasteiger partial charge in [-0.05, 0) is 43.0 Å². The number of aryl methyl sites for hydroxylation is 1. The monoisotopic (exact) mass is 338 g/mol. The first-order valence-electron chi connectivity index (χ1n) is 6.99. The summed E-state index contributed by atoms with van der Waals surface area (Å²) in [5, 5.41) is 14.6. The standard InChI is InChI=1S/C14H15FN4O3S/c15-12-3-2-10(23(16,21)22)6-11(12)14(20)18-9-1-4-13-8(5-9)7-17-19-13/h2-3,6-7,9H,1,4-5H2,(H,17,19)(H,18,20)(H2,16,21,22). The molecule has 1 aliphatic carbocycles. The van der Waals surface area contributed by atoms with Gasteiger partial charge >= 0.3 is 0 Å². The second kappa shape index (κ2) is 5.74. The van der Waals surface area contributed by atoms with Crippen LogP contribution in [0.15, 0.2) is 29.3 Å². The van der Waals surface area contributed by atoms with E-state index in [9.17, 15) is 17.6 Å². The number of hydrogen-bond acceptors (Lipinski definition) is 4. The number of carbonyl (C=O) groups excluding carboxylic acids is 1. The molecule has 122 valence electrons. The van der Waals surface area contributed by atoms with Crippen molar-refractivity contribution in [3.8, 4) is 0 Å². The molecule has 23 heavy (non-hydrogen) atoms. The van der Waals surface area contributed by atoms with E-state index in [0.717, 1.165) is 35.9 Å². The predicted molar refractivity (Wildman–Crippen MR) is 79.6 cm³/mol. The van der Waals surface area contributed by atoms with Crippen molar-refractivity contribution in [2.75, 3.05) is 0 Å². The molecule has 3 rings (SSSR count). The second-order valence-electron chi connectivity index (χ2n) is 5.47. The number of nitrogens with two attached hydrogens (primary N) is 1. The molecule has 1 aliphatic rings. The van der Waals surface area contributed by atoms with Gasteiger partial charge < -0.3 is 5.32 Å². The Bertz CT molecular complexity index is 863. The van der Waals surface area contributed by atoms with Crippen molar-refractivity contribution < 1.29 is 17.6 Å². The van der Waals surface area contributed by atoms with E-state index in [1.54, 1.807) is 6.20 Å². The van der Waals surface area contributed by atoms with Crippen LogP contribution in [0.4, 0.5) is 4.39 Å². The Labute approximate surface area is 132 Å². The first kappa shape index (κ1) is 15.6. The summed E-state index contributed by atoms with van der Waals surface area (Å²) in [6.45, 7) is 0. The van der Waals surface area contributed by atoms with E-state index in [0.29, 0.717) is 12.8 Å². The minimum absolute atomic E-state index is 0.162. The number of rotatable bonds is 3. The summed E-state index contributed by atoms with van der Waals surface area (Å²) in [4.78, 5) is 12.0. The van der Waals surface area contributed by atoms with Gasteiger partial charge in [-0.3, -0.25) is 9.89 Å². The fraction of sp³-hybridized carbons (Fsp3) is 0.286. The molecule has 1 unspecified atom stereocenters. The number of hydrogen-bond donors (Lipinski definition) is 3. The molecule has 0 aliphatic heterocycles. The van der Waals surface area contributed by atoms with Gasteiger partial charge in [0, 0.05) is 11.7 Å². The Morgan fingerprint density at radius 1 is 1.43 bits per heavy atom. The lowest BCUT2D eigenvalue weighted by Crippen LogP contribution is -2.39. The molecule has 1 amide bonds. The highest BCUT2D eigenvalue weighted by atomic mass is 32.2. The number of benzene rings is 1. The number of halogens is 1. The van der Waals surface area contributed by atoms with Gasteiger partial charge in [-0.25, -0.2) is 17.9 Å². The van der Waals surface area contributed by atoms with Gasteiger partial charge in [-0.2, -0.15) is 5.10 Å². The number of nitrogens with zero attached hydrogens (tertiary/aromatic N) is 1. The lowest BCUT2D eigenvalue weighted by molar-refractivity contribution is 0.0929. The molecule has 0 saturated carbocycles. The van der Waals surface area contributed by atoms with E-state index < -0.39 is 21.7 Å². The molecule has 0 radical (unpaired) electrons. The number of primary sulfonamides is 1. The van der Waals surface area contributed by atoms with E-state index in [2.05, 4.69) is 15.5 Å². The Balaban J connectivity index is 1.79. The Kier molecular flexibility index (Phi) is 3.90. The van der Waals surface area contributed by atoms with Crippen LogP contribution in [0.25, 0.3) is 0 Å². The number of aromatic nitrogens is 2. The van der Waals surface area contributed by atoms with E-state index in [1.807, 2.05) is 0 Å². The summed E-state index contributed by atoms with van der Waals surface area (Å²) in [6.07, 6.45) is 3.72. The molecule has 1 atom stereocenters. The third kappa shape index (κ3) is 3.25. The Morgan fingerprint density at radius 3 is 2.96 bits per heavy atom. The van der Waals surface area contributed by atoms with Gasteiger partial charge in [0.2, 0.25) is 10.0 Å². The SMILES string of the molecule is NS(=O)(=O)c1ccc(F)c(C(=O)NC2CCc3[nH]ncc3C2)c1. The maximum atomic E-state index is 13.8. The molecule has 0 bridgehead atoms. The van der Waals surface area contributed by atoms with Gasteiger partial charge in [0.15, 0.2) is 0 Å². The number of H-pyrrole nitrogens is 1. The molecule has 4 N–H and O–H groups in total. The third-order valence-corrected chi connectivity index (χ3v) is 4.77. The fourth-order valence-corrected chi connectivity index (χ4v) is 3.20. The predicted octanol–water partition coefficient (Wildman–Crippen LogP) is 0.483.